The second kappa shape index (κ2) is 5.57. The number of hydrogen-bond donors (Lipinski definition) is 1. The van der Waals surface area contributed by atoms with E-state index in [1.807, 2.05) is 0 Å². The molecule has 104 valence electrons. The topological polar surface area (TPSA) is 80.7 Å². The Morgan fingerprint density at radius 1 is 1.11 bits per heavy atom. The standard InChI is InChI=1S/C12H20O5S/c13-12(14)11-6-5-10(17-11)8-18(15,16)7-9-3-1-2-4-9/h9-11H,1-8H2,(H,13,14). The lowest BCUT2D eigenvalue weighted by Crippen LogP contribution is -2.27. The molecule has 2 atom stereocenters. The van der Waals surface area contributed by atoms with Crippen LogP contribution in [0, 0.1) is 5.92 Å². The van der Waals surface area contributed by atoms with Crippen molar-refractivity contribution in [1.82, 2.24) is 0 Å². The molecule has 1 aliphatic carbocycles. The zero-order valence-electron chi connectivity index (χ0n) is 10.4. The summed E-state index contributed by atoms with van der Waals surface area (Å²) in [5.41, 5.74) is 0. The Balaban J connectivity index is 1.83. The summed E-state index contributed by atoms with van der Waals surface area (Å²) in [6.45, 7) is 0. The normalized spacial score (nSPS) is 29.8. The van der Waals surface area contributed by atoms with Crippen LogP contribution in [0.15, 0.2) is 0 Å². The van der Waals surface area contributed by atoms with E-state index in [-0.39, 0.29) is 11.5 Å². The Hall–Kier alpha value is -0.620. The molecule has 0 bridgehead atoms. The molecular formula is C12H20O5S. The van der Waals surface area contributed by atoms with E-state index in [1.165, 1.54) is 0 Å². The molecule has 0 amide bonds. The molecule has 0 radical (unpaired) electrons. The van der Waals surface area contributed by atoms with Gasteiger partial charge in [-0.2, -0.15) is 0 Å². The quantitative estimate of drug-likeness (QED) is 0.816. The molecule has 2 fully saturated rings. The van der Waals surface area contributed by atoms with E-state index >= 15 is 0 Å². The lowest BCUT2D eigenvalue weighted by molar-refractivity contribution is -0.148. The first-order valence-electron chi connectivity index (χ1n) is 6.55. The number of rotatable bonds is 5. The van der Waals surface area contributed by atoms with Crippen LogP contribution < -0.4 is 0 Å². The van der Waals surface area contributed by atoms with Crippen LogP contribution in [0.1, 0.15) is 38.5 Å². The van der Waals surface area contributed by atoms with Gasteiger partial charge in [0.1, 0.15) is 0 Å². The fourth-order valence-electron chi connectivity index (χ4n) is 2.90. The summed E-state index contributed by atoms with van der Waals surface area (Å²) in [6.07, 6.45) is 3.95. The first-order chi connectivity index (χ1) is 8.46. The van der Waals surface area contributed by atoms with Crippen molar-refractivity contribution in [2.45, 2.75) is 50.7 Å². The van der Waals surface area contributed by atoms with Crippen LogP contribution in [0.4, 0.5) is 0 Å². The molecule has 5 nitrogen and oxygen atoms in total. The summed E-state index contributed by atoms with van der Waals surface area (Å²) in [4.78, 5) is 10.7. The second-order valence-electron chi connectivity index (χ2n) is 5.39. The molecule has 0 aromatic rings. The molecule has 2 rings (SSSR count). The fraction of sp³-hybridized carbons (Fsp3) is 0.917. The molecule has 2 aliphatic rings. The van der Waals surface area contributed by atoms with Crippen LogP contribution >= 0.6 is 0 Å². The first-order valence-corrected chi connectivity index (χ1v) is 8.37. The van der Waals surface area contributed by atoms with Gasteiger partial charge in [0, 0.05) is 0 Å². The highest BCUT2D eigenvalue weighted by Gasteiger charge is 2.34. The zero-order valence-corrected chi connectivity index (χ0v) is 11.2. The Morgan fingerprint density at radius 2 is 1.78 bits per heavy atom. The van der Waals surface area contributed by atoms with Gasteiger partial charge in [-0.3, -0.25) is 0 Å². The van der Waals surface area contributed by atoms with Crippen molar-refractivity contribution >= 4 is 15.8 Å². The van der Waals surface area contributed by atoms with Crippen molar-refractivity contribution < 1.29 is 23.1 Å². The zero-order chi connectivity index (χ0) is 13.2. The Morgan fingerprint density at radius 3 is 2.33 bits per heavy atom. The molecule has 0 aromatic carbocycles. The third-order valence-corrected chi connectivity index (χ3v) is 5.65. The van der Waals surface area contributed by atoms with E-state index in [2.05, 4.69) is 0 Å². The van der Waals surface area contributed by atoms with Crippen LogP contribution in [-0.2, 0) is 19.4 Å². The Bertz CT molecular complexity index is 397. The van der Waals surface area contributed by atoms with Crippen LogP contribution in [0.2, 0.25) is 0 Å². The molecule has 1 saturated heterocycles. The maximum absolute atomic E-state index is 12.0. The minimum absolute atomic E-state index is 0.0206. The number of ether oxygens (including phenoxy) is 1. The van der Waals surface area contributed by atoms with Gasteiger partial charge in [0.2, 0.25) is 0 Å². The molecule has 1 N–H and O–H groups in total. The summed E-state index contributed by atoms with van der Waals surface area (Å²) in [5.74, 6) is -0.477. The molecule has 2 unspecified atom stereocenters. The summed E-state index contributed by atoms with van der Waals surface area (Å²) in [6, 6.07) is 0. The van der Waals surface area contributed by atoms with Crippen molar-refractivity contribution in [2.75, 3.05) is 11.5 Å². The predicted molar refractivity (Wildman–Crippen MR) is 66.1 cm³/mol. The molecule has 1 heterocycles. The molecule has 0 aromatic heterocycles. The SMILES string of the molecule is O=C(O)C1CCC(CS(=O)(=O)CC2CCCC2)O1. The molecule has 0 spiro atoms. The van der Waals surface area contributed by atoms with Crippen molar-refractivity contribution in [3.05, 3.63) is 0 Å². The van der Waals surface area contributed by atoms with Crippen molar-refractivity contribution in [2.24, 2.45) is 5.92 Å². The molecule has 6 heteroatoms. The number of carboxylic acid groups (broad SMARTS) is 1. The number of hydrogen-bond acceptors (Lipinski definition) is 4. The number of carbonyl (C=O) groups is 1. The molecular weight excluding hydrogens is 256 g/mol. The van der Waals surface area contributed by atoms with E-state index in [1.54, 1.807) is 0 Å². The molecule has 1 saturated carbocycles. The number of aliphatic carboxylic acids is 1. The van der Waals surface area contributed by atoms with Crippen molar-refractivity contribution in [3.8, 4) is 0 Å². The number of sulfone groups is 1. The van der Waals surface area contributed by atoms with Gasteiger partial charge in [0.05, 0.1) is 17.6 Å². The summed E-state index contributed by atoms with van der Waals surface area (Å²) in [5, 5.41) is 8.78. The minimum atomic E-state index is -3.12. The maximum atomic E-state index is 12.0. The van der Waals surface area contributed by atoms with Crippen molar-refractivity contribution in [3.63, 3.8) is 0 Å². The van der Waals surface area contributed by atoms with Gasteiger partial charge in [-0.25, -0.2) is 13.2 Å². The van der Waals surface area contributed by atoms with Gasteiger partial charge in [0.15, 0.2) is 15.9 Å². The summed E-state index contributed by atoms with van der Waals surface area (Å²) < 4.78 is 29.2. The average Bonchev–Trinajstić information content (AvgIpc) is 2.87. The van der Waals surface area contributed by atoms with Gasteiger partial charge in [-0.05, 0) is 31.6 Å². The lowest BCUT2D eigenvalue weighted by Gasteiger charge is -2.14. The summed E-state index contributed by atoms with van der Waals surface area (Å²) >= 11 is 0. The van der Waals surface area contributed by atoms with E-state index in [4.69, 9.17) is 9.84 Å². The maximum Gasteiger partial charge on any atom is 0.332 e. The van der Waals surface area contributed by atoms with E-state index in [0.717, 1.165) is 25.7 Å². The van der Waals surface area contributed by atoms with E-state index in [0.29, 0.717) is 18.8 Å². The fourth-order valence-corrected chi connectivity index (χ4v) is 4.90. The monoisotopic (exact) mass is 276 g/mol. The molecule has 1 aliphatic heterocycles. The van der Waals surface area contributed by atoms with Crippen LogP contribution in [-0.4, -0.2) is 43.2 Å². The van der Waals surface area contributed by atoms with Crippen molar-refractivity contribution in [1.29, 1.82) is 0 Å². The highest BCUT2D eigenvalue weighted by molar-refractivity contribution is 7.91. The minimum Gasteiger partial charge on any atom is -0.479 e. The lowest BCUT2D eigenvalue weighted by atomic mass is 10.1. The van der Waals surface area contributed by atoms with E-state index in [9.17, 15) is 13.2 Å². The molecule has 18 heavy (non-hydrogen) atoms. The number of carboxylic acids is 1. The van der Waals surface area contributed by atoms with Gasteiger partial charge < -0.3 is 9.84 Å². The Labute approximate surface area is 107 Å². The summed E-state index contributed by atoms with van der Waals surface area (Å²) in [7, 11) is -3.12. The van der Waals surface area contributed by atoms with Crippen LogP contribution in [0.5, 0.6) is 0 Å². The van der Waals surface area contributed by atoms with Gasteiger partial charge in [-0.15, -0.1) is 0 Å². The Kier molecular flexibility index (Phi) is 4.27. The van der Waals surface area contributed by atoms with Gasteiger partial charge >= 0.3 is 5.97 Å². The third-order valence-electron chi connectivity index (χ3n) is 3.79. The largest absolute Gasteiger partial charge is 0.479 e. The van der Waals surface area contributed by atoms with Gasteiger partial charge in [-0.1, -0.05) is 12.8 Å². The average molecular weight is 276 g/mol. The van der Waals surface area contributed by atoms with Crippen LogP contribution in [0.25, 0.3) is 0 Å². The smallest absolute Gasteiger partial charge is 0.332 e. The predicted octanol–water partition coefficient (Wildman–Crippen LogP) is 1.22. The highest BCUT2D eigenvalue weighted by Crippen LogP contribution is 2.27. The van der Waals surface area contributed by atoms with E-state index < -0.39 is 28.0 Å². The third kappa shape index (κ3) is 3.68. The van der Waals surface area contributed by atoms with Crippen LogP contribution in [0.3, 0.4) is 0 Å². The first kappa shape index (κ1) is 13.8. The van der Waals surface area contributed by atoms with Gasteiger partial charge in [0.25, 0.3) is 0 Å². The second-order valence-corrected chi connectivity index (χ2v) is 7.54. The highest BCUT2D eigenvalue weighted by atomic mass is 32.2.